The van der Waals surface area contributed by atoms with Crippen LogP contribution in [-0.4, -0.2) is 10.1 Å². The molecule has 0 fully saturated rings. The first-order valence-corrected chi connectivity index (χ1v) is 6.87. The summed E-state index contributed by atoms with van der Waals surface area (Å²) in [7, 11) is 0. The van der Waals surface area contributed by atoms with Crippen molar-refractivity contribution in [2.24, 2.45) is 0 Å². The molecule has 0 radical (unpaired) electrons. The van der Waals surface area contributed by atoms with Crippen LogP contribution in [0.3, 0.4) is 0 Å². The lowest BCUT2D eigenvalue weighted by atomic mass is 10.1. The van der Waals surface area contributed by atoms with Gasteiger partial charge in [0, 0.05) is 5.56 Å². The first-order chi connectivity index (χ1) is 10.1. The third-order valence-electron chi connectivity index (χ3n) is 3.05. The van der Waals surface area contributed by atoms with Crippen LogP contribution in [0.25, 0.3) is 11.4 Å². The highest BCUT2D eigenvalue weighted by molar-refractivity contribution is 6.22. The molecule has 0 bridgehead atoms. The van der Waals surface area contributed by atoms with Crippen LogP contribution >= 0.6 is 11.6 Å². The summed E-state index contributed by atoms with van der Waals surface area (Å²) in [6, 6.07) is 14.1. The van der Waals surface area contributed by atoms with Crippen molar-refractivity contribution in [1.29, 1.82) is 0 Å². The molecule has 0 spiro atoms. The second-order valence-electron chi connectivity index (χ2n) is 4.75. The molecule has 0 aliphatic rings. The Balaban J connectivity index is 1.93. The van der Waals surface area contributed by atoms with Crippen molar-refractivity contribution >= 4 is 11.6 Å². The van der Waals surface area contributed by atoms with Gasteiger partial charge in [0.2, 0.25) is 11.7 Å². The third kappa shape index (κ3) is 2.95. The molecule has 1 unspecified atom stereocenters. The largest absolute Gasteiger partial charge is 0.337 e. The molecule has 0 aliphatic carbocycles. The monoisotopic (exact) mass is 302 g/mol. The van der Waals surface area contributed by atoms with Gasteiger partial charge in [-0.3, -0.25) is 0 Å². The third-order valence-corrected chi connectivity index (χ3v) is 3.49. The number of aryl methyl sites for hydroxylation is 1. The summed E-state index contributed by atoms with van der Waals surface area (Å²) in [5, 5.41) is 3.35. The van der Waals surface area contributed by atoms with E-state index in [0.717, 1.165) is 11.1 Å². The van der Waals surface area contributed by atoms with Crippen LogP contribution in [0.15, 0.2) is 53.1 Å². The fraction of sp³-hybridized carbons (Fsp3) is 0.125. The molecule has 1 heterocycles. The maximum absolute atomic E-state index is 13.4. The molecule has 1 atom stereocenters. The van der Waals surface area contributed by atoms with E-state index in [2.05, 4.69) is 10.1 Å². The molecule has 1 aromatic heterocycles. The highest BCUT2D eigenvalue weighted by atomic mass is 35.5. The minimum absolute atomic E-state index is 0.291. The number of hydrogen-bond acceptors (Lipinski definition) is 3. The number of hydrogen-bond donors (Lipinski definition) is 0. The molecule has 3 rings (SSSR count). The predicted octanol–water partition coefficient (Wildman–Crippen LogP) is 4.51. The Morgan fingerprint density at radius 1 is 1.14 bits per heavy atom. The number of aromatic nitrogens is 2. The van der Waals surface area contributed by atoms with Crippen molar-refractivity contribution in [3.63, 3.8) is 0 Å². The molecule has 0 saturated carbocycles. The highest BCUT2D eigenvalue weighted by Gasteiger charge is 2.19. The Morgan fingerprint density at radius 2 is 1.90 bits per heavy atom. The lowest BCUT2D eigenvalue weighted by Crippen LogP contribution is -1.93. The van der Waals surface area contributed by atoms with Crippen LogP contribution in [0.1, 0.15) is 22.4 Å². The summed E-state index contributed by atoms with van der Waals surface area (Å²) in [4.78, 5) is 4.26. The van der Waals surface area contributed by atoms with Crippen molar-refractivity contribution in [2.75, 3.05) is 0 Å². The molecular weight excluding hydrogens is 291 g/mol. The van der Waals surface area contributed by atoms with Crippen LogP contribution in [0.4, 0.5) is 4.39 Å². The van der Waals surface area contributed by atoms with Gasteiger partial charge >= 0.3 is 0 Å². The second-order valence-corrected chi connectivity index (χ2v) is 5.18. The lowest BCUT2D eigenvalue weighted by Gasteiger charge is -2.03. The Bertz CT molecular complexity index is 738. The minimum Gasteiger partial charge on any atom is -0.337 e. The number of benzene rings is 2. The lowest BCUT2D eigenvalue weighted by molar-refractivity contribution is 0.383. The second kappa shape index (κ2) is 5.66. The summed E-state index contributed by atoms with van der Waals surface area (Å²) in [6.45, 7) is 1.81. The summed E-state index contributed by atoms with van der Waals surface area (Å²) >= 11 is 6.32. The van der Waals surface area contributed by atoms with Crippen LogP contribution in [-0.2, 0) is 0 Å². The zero-order valence-electron chi connectivity index (χ0n) is 11.3. The summed E-state index contributed by atoms with van der Waals surface area (Å²) < 4.78 is 18.6. The zero-order valence-corrected chi connectivity index (χ0v) is 12.0. The first kappa shape index (κ1) is 13.8. The molecule has 21 heavy (non-hydrogen) atoms. The van der Waals surface area contributed by atoms with Crippen LogP contribution in [0.2, 0.25) is 0 Å². The normalized spacial score (nSPS) is 12.3. The molecule has 2 aromatic carbocycles. The molecule has 5 heteroatoms. The van der Waals surface area contributed by atoms with E-state index in [-0.39, 0.29) is 5.82 Å². The maximum Gasteiger partial charge on any atom is 0.249 e. The number of rotatable bonds is 3. The molecule has 3 nitrogen and oxygen atoms in total. The highest BCUT2D eigenvalue weighted by Crippen LogP contribution is 2.29. The van der Waals surface area contributed by atoms with E-state index in [1.807, 2.05) is 37.3 Å². The van der Waals surface area contributed by atoms with Crippen molar-refractivity contribution in [3.05, 3.63) is 71.4 Å². The van der Waals surface area contributed by atoms with Gasteiger partial charge in [-0.1, -0.05) is 35.5 Å². The van der Waals surface area contributed by atoms with Gasteiger partial charge < -0.3 is 4.52 Å². The van der Waals surface area contributed by atoms with Gasteiger partial charge in [-0.15, -0.1) is 11.6 Å². The molecule has 0 aliphatic heterocycles. The fourth-order valence-corrected chi connectivity index (χ4v) is 2.32. The van der Waals surface area contributed by atoms with Crippen molar-refractivity contribution in [3.8, 4) is 11.4 Å². The summed E-state index contributed by atoms with van der Waals surface area (Å²) in [6.07, 6.45) is 0. The maximum atomic E-state index is 13.4. The molecule has 0 N–H and O–H groups in total. The van der Waals surface area contributed by atoms with E-state index in [1.165, 1.54) is 12.1 Å². The Morgan fingerprint density at radius 3 is 2.62 bits per heavy atom. The van der Waals surface area contributed by atoms with E-state index >= 15 is 0 Å². The van der Waals surface area contributed by atoms with E-state index in [9.17, 15) is 4.39 Å². The molecule has 0 saturated heterocycles. The number of alkyl halides is 1. The fourth-order valence-electron chi connectivity index (χ4n) is 2.09. The van der Waals surface area contributed by atoms with Crippen molar-refractivity contribution in [2.45, 2.75) is 12.3 Å². The van der Waals surface area contributed by atoms with Crippen LogP contribution < -0.4 is 0 Å². The molecule has 3 aromatic rings. The van der Waals surface area contributed by atoms with Gasteiger partial charge in [-0.2, -0.15) is 4.98 Å². The minimum atomic E-state index is -0.526. The van der Waals surface area contributed by atoms with Crippen LogP contribution in [0.5, 0.6) is 0 Å². The Hall–Kier alpha value is -2.20. The smallest absolute Gasteiger partial charge is 0.249 e. The average molecular weight is 303 g/mol. The van der Waals surface area contributed by atoms with E-state index in [0.29, 0.717) is 17.3 Å². The standard InChI is InChI=1S/C16H12ClFN2O/c1-10-7-12(9-13(18)8-10)15-19-16(21-20-15)14(17)11-5-3-2-4-6-11/h2-9,14H,1H3. The molecule has 0 amide bonds. The van der Waals surface area contributed by atoms with Crippen LogP contribution in [0, 0.1) is 12.7 Å². The van der Waals surface area contributed by atoms with Crippen molar-refractivity contribution in [1.82, 2.24) is 10.1 Å². The Kier molecular flexibility index (Phi) is 3.71. The number of halogens is 2. The Labute approximate surface area is 126 Å². The topological polar surface area (TPSA) is 38.9 Å². The van der Waals surface area contributed by atoms with Gasteiger partial charge in [0.05, 0.1) is 0 Å². The first-order valence-electron chi connectivity index (χ1n) is 6.43. The SMILES string of the molecule is Cc1cc(F)cc(-c2noc(C(Cl)c3ccccc3)n2)c1. The zero-order chi connectivity index (χ0) is 14.8. The van der Waals surface area contributed by atoms with Gasteiger partial charge in [-0.25, -0.2) is 4.39 Å². The van der Waals surface area contributed by atoms with Gasteiger partial charge in [0.15, 0.2) is 0 Å². The number of nitrogens with zero attached hydrogens (tertiary/aromatic N) is 2. The average Bonchev–Trinajstić information content (AvgIpc) is 2.96. The molecule has 106 valence electrons. The van der Waals surface area contributed by atoms with E-state index in [4.69, 9.17) is 16.1 Å². The molecular formula is C16H12ClFN2O. The van der Waals surface area contributed by atoms with Gasteiger partial charge in [0.1, 0.15) is 11.2 Å². The summed E-state index contributed by atoms with van der Waals surface area (Å²) in [5.74, 6) is 0.288. The predicted molar refractivity (Wildman–Crippen MR) is 78.6 cm³/mol. The van der Waals surface area contributed by atoms with E-state index < -0.39 is 5.38 Å². The van der Waals surface area contributed by atoms with Gasteiger partial charge in [0.25, 0.3) is 0 Å². The van der Waals surface area contributed by atoms with Crippen molar-refractivity contribution < 1.29 is 8.91 Å². The van der Waals surface area contributed by atoms with E-state index in [1.54, 1.807) is 6.07 Å². The summed E-state index contributed by atoms with van der Waals surface area (Å²) in [5.41, 5.74) is 2.23. The van der Waals surface area contributed by atoms with Gasteiger partial charge in [-0.05, 0) is 36.2 Å². The quantitative estimate of drug-likeness (QED) is 0.668.